The zero-order valence-electron chi connectivity index (χ0n) is 18.1. The molecule has 1 aromatic carbocycles. The first-order valence-corrected chi connectivity index (χ1v) is 12.9. The van der Waals surface area contributed by atoms with Gasteiger partial charge in [-0.15, -0.1) is 0 Å². The number of anilines is 3. The van der Waals surface area contributed by atoms with Gasteiger partial charge in [-0.2, -0.15) is 0 Å². The molecule has 0 saturated heterocycles. The molecule has 1 saturated carbocycles. The molecule has 32 heavy (non-hydrogen) atoms. The third-order valence-corrected chi connectivity index (χ3v) is 6.49. The Morgan fingerprint density at radius 3 is 2.47 bits per heavy atom. The van der Waals surface area contributed by atoms with Crippen LogP contribution < -0.4 is 16.4 Å². The molecule has 0 unspecified atom stereocenters. The van der Waals surface area contributed by atoms with E-state index in [1.165, 1.54) is 0 Å². The minimum atomic E-state index is -3.23. The first-order chi connectivity index (χ1) is 15.1. The molecule has 3 rings (SSSR count). The number of aromatic nitrogens is 2. The second kappa shape index (κ2) is 10.0. The number of carbonyl (C=O) groups is 1. The largest absolute Gasteiger partial charge is 0.393 e. The molecule has 0 spiro atoms. The molecule has 0 aliphatic heterocycles. The maximum absolute atomic E-state index is 12.0. The topological polar surface area (TPSA) is 147 Å². The summed E-state index contributed by atoms with van der Waals surface area (Å²) in [6.07, 6.45) is 4.48. The van der Waals surface area contributed by atoms with Crippen molar-refractivity contribution in [3.63, 3.8) is 0 Å². The predicted molar refractivity (Wildman–Crippen MR) is 125 cm³/mol. The smallest absolute Gasteiger partial charge is 0.271 e. The Morgan fingerprint density at radius 1 is 1.22 bits per heavy atom. The van der Waals surface area contributed by atoms with Crippen molar-refractivity contribution in [3.8, 4) is 0 Å². The van der Waals surface area contributed by atoms with E-state index in [9.17, 15) is 18.3 Å². The lowest BCUT2D eigenvalue weighted by molar-refractivity contribution is 0.0996. The quantitative estimate of drug-likeness (QED) is 0.450. The van der Waals surface area contributed by atoms with E-state index in [0.29, 0.717) is 29.2 Å². The number of aliphatic hydroxyl groups excluding tert-OH is 1. The summed E-state index contributed by atoms with van der Waals surface area (Å²) >= 11 is 6.26. The standard InChI is InChI=1S/C21H28ClN5O4S/c1-3-17-20(24-13-6-8-15(28)9-7-13)27-21(18(26-17)19(23)29)25-14-5-4-12(16(22)10-14)11-32(2,30)31/h4-5,10,13,15,28H,3,6-9,11H2,1-2H3,(H2,23,29)(H2,24,25,27). The molecular formula is C21H28ClN5O4S. The molecule has 5 N–H and O–H groups in total. The lowest BCUT2D eigenvalue weighted by Crippen LogP contribution is -2.29. The maximum atomic E-state index is 12.0. The Bertz CT molecular complexity index is 1100. The van der Waals surface area contributed by atoms with Gasteiger partial charge in [0.2, 0.25) is 0 Å². The van der Waals surface area contributed by atoms with E-state index in [1.807, 2.05) is 6.92 Å². The van der Waals surface area contributed by atoms with Crippen LogP contribution in [-0.2, 0) is 22.0 Å². The SMILES string of the molecule is CCc1nc(C(N)=O)c(Nc2ccc(CS(C)(=O)=O)c(Cl)c2)nc1NC1CCC(O)CC1. The minimum Gasteiger partial charge on any atom is -0.393 e. The number of sulfone groups is 1. The van der Waals surface area contributed by atoms with Crippen molar-refractivity contribution in [2.75, 3.05) is 16.9 Å². The number of nitrogens with one attached hydrogen (secondary N) is 2. The number of aliphatic hydroxyl groups is 1. The number of primary amides is 1. The van der Waals surface area contributed by atoms with E-state index < -0.39 is 15.7 Å². The monoisotopic (exact) mass is 481 g/mol. The van der Waals surface area contributed by atoms with Crippen LogP contribution in [0.1, 0.15) is 54.4 Å². The number of hydrogen-bond acceptors (Lipinski definition) is 8. The highest BCUT2D eigenvalue weighted by atomic mass is 35.5. The first kappa shape index (κ1) is 24.2. The molecule has 9 nitrogen and oxygen atoms in total. The summed E-state index contributed by atoms with van der Waals surface area (Å²) in [6.45, 7) is 1.91. The maximum Gasteiger partial charge on any atom is 0.271 e. The Kier molecular flexibility index (Phi) is 7.58. The molecule has 11 heteroatoms. The van der Waals surface area contributed by atoms with Crippen LogP contribution >= 0.6 is 11.6 Å². The molecule has 1 heterocycles. The van der Waals surface area contributed by atoms with Crippen LogP contribution in [0.4, 0.5) is 17.3 Å². The van der Waals surface area contributed by atoms with Crippen LogP contribution in [0.15, 0.2) is 18.2 Å². The van der Waals surface area contributed by atoms with Crippen molar-refractivity contribution < 1.29 is 18.3 Å². The van der Waals surface area contributed by atoms with Crippen LogP contribution in [0.2, 0.25) is 5.02 Å². The van der Waals surface area contributed by atoms with Gasteiger partial charge in [-0.3, -0.25) is 4.79 Å². The Balaban J connectivity index is 1.90. The third-order valence-electron chi connectivity index (χ3n) is 5.31. The molecule has 1 fully saturated rings. The van der Waals surface area contributed by atoms with Gasteiger partial charge >= 0.3 is 0 Å². The fourth-order valence-corrected chi connectivity index (χ4v) is 4.81. The van der Waals surface area contributed by atoms with Gasteiger partial charge in [0.05, 0.1) is 17.6 Å². The molecule has 174 valence electrons. The zero-order chi connectivity index (χ0) is 23.5. The summed E-state index contributed by atoms with van der Waals surface area (Å²) in [5.74, 6) is -0.156. The zero-order valence-corrected chi connectivity index (χ0v) is 19.6. The van der Waals surface area contributed by atoms with E-state index in [-0.39, 0.29) is 34.4 Å². The van der Waals surface area contributed by atoms with Crippen LogP contribution in [0.25, 0.3) is 0 Å². The Morgan fingerprint density at radius 2 is 1.91 bits per heavy atom. The highest BCUT2D eigenvalue weighted by Gasteiger charge is 2.23. The number of amides is 1. The third kappa shape index (κ3) is 6.30. The highest BCUT2D eigenvalue weighted by molar-refractivity contribution is 7.89. The second-order valence-corrected chi connectivity index (χ2v) is 10.6. The van der Waals surface area contributed by atoms with Crippen LogP contribution in [0, 0.1) is 0 Å². The lowest BCUT2D eigenvalue weighted by atomic mass is 9.93. The number of nitrogens with two attached hydrogens (primary N) is 1. The molecule has 1 aromatic heterocycles. The van der Waals surface area contributed by atoms with E-state index in [4.69, 9.17) is 17.3 Å². The van der Waals surface area contributed by atoms with E-state index >= 15 is 0 Å². The summed E-state index contributed by atoms with van der Waals surface area (Å²) < 4.78 is 23.1. The number of halogens is 1. The number of benzene rings is 1. The van der Waals surface area contributed by atoms with Crippen molar-refractivity contribution in [2.45, 2.75) is 56.9 Å². The van der Waals surface area contributed by atoms with E-state index in [2.05, 4.69) is 20.6 Å². The van der Waals surface area contributed by atoms with Gasteiger partial charge < -0.3 is 21.5 Å². The minimum absolute atomic E-state index is 0.00259. The summed E-state index contributed by atoms with van der Waals surface area (Å²) in [5.41, 5.74) is 7.16. The Labute approximate surface area is 192 Å². The molecule has 0 bridgehead atoms. The van der Waals surface area contributed by atoms with Crippen molar-refractivity contribution in [1.29, 1.82) is 0 Å². The molecule has 0 atom stereocenters. The van der Waals surface area contributed by atoms with E-state index in [1.54, 1.807) is 18.2 Å². The Hall–Kier alpha value is -2.43. The second-order valence-electron chi connectivity index (χ2n) is 8.08. The summed E-state index contributed by atoms with van der Waals surface area (Å²) in [7, 11) is -3.23. The average molecular weight is 482 g/mol. The predicted octanol–water partition coefficient (Wildman–Crippen LogP) is 2.79. The van der Waals surface area contributed by atoms with Gasteiger partial charge in [-0.05, 0) is 49.8 Å². The summed E-state index contributed by atoms with van der Waals surface area (Å²) in [5, 5.41) is 16.4. The number of hydrogen-bond donors (Lipinski definition) is 4. The number of carbonyl (C=O) groups excluding carboxylic acids is 1. The van der Waals surface area contributed by atoms with Crippen molar-refractivity contribution >= 4 is 44.7 Å². The fraction of sp³-hybridized carbons (Fsp3) is 0.476. The van der Waals surface area contributed by atoms with Gasteiger partial charge in [-0.25, -0.2) is 18.4 Å². The van der Waals surface area contributed by atoms with Gasteiger partial charge in [0.25, 0.3) is 5.91 Å². The van der Waals surface area contributed by atoms with Crippen LogP contribution in [0.5, 0.6) is 0 Å². The summed E-state index contributed by atoms with van der Waals surface area (Å²) in [4.78, 5) is 21.1. The highest BCUT2D eigenvalue weighted by Crippen LogP contribution is 2.28. The van der Waals surface area contributed by atoms with Crippen molar-refractivity contribution in [3.05, 3.63) is 40.2 Å². The average Bonchev–Trinajstić information content (AvgIpc) is 2.71. The normalized spacial score (nSPS) is 18.9. The van der Waals surface area contributed by atoms with Gasteiger partial charge in [-0.1, -0.05) is 24.6 Å². The number of nitrogens with zero attached hydrogens (tertiary/aromatic N) is 2. The van der Waals surface area contributed by atoms with Gasteiger partial charge in [0.15, 0.2) is 21.3 Å². The van der Waals surface area contributed by atoms with Crippen LogP contribution in [-0.4, -0.2) is 47.8 Å². The first-order valence-electron chi connectivity index (χ1n) is 10.4. The number of aryl methyl sites for hydroxylation is 1. The molecule has 1 aliphatic rings. The van der Waals surface area contributed by atoms with Gasteiger partial charge in [0.1, 0.15) is 5.82 Å². The van der Waals surface area contributed by atoms with Crippen molar-refractivity contribution in [1.82, 2.24) is 9.97 Å². The number of rotatable bonds is 8. The molecule has 2 aromatic rings. The molecule has 1 amide bonds. The lowest BCUT2D eigenvalue weighted by Gasteiger charge is -2.27. The van der Waals surface area contributed by atoms with Gasteiger partial charge in [0, 0.05) is 23.0 Å². The molecular weight excluding hydrogens is 454 g/mol. The molecule has 0 radical (unpaired) electrons. The van der Waals surface area contributed by atoms with E-state index in [0.717, 1.165) is 31.9 Å². The van der Waals surface area contributed by atoms with Crippen molar-refractivity contribution in [2.24, 2.45) is 5.73 Å². The van der Waals surface area contributed by atoms with Crippen LogP contribution in [0.3, 0.4) is 0 Å². The summed E-state index contributed by atoms with van der Waals surface area (Å²) in [6, 6.07) is 4.98. The molecule has 1 aliphatic carbocycles. The fourth-order valence-electron chi connectivity index (χ4n) is 3.67.